The van der Waals surface area contributed by atoms with Crippen LogP contribution in [-0.4, -0.2) is 20.2 Å². The summed E-state index contributed by atoms with van der Waals surface area (Å²) in [4.78, 5) is 0. The van der Waals surface area contributed by atoms with E-state index in [2.05, 4.69) is 41.2 Å². The second-order valence-electron chi connectivity index (χ2n) is 4.79. The van der Waals surface area contributed by atoms with E-state index >= 15 is 0 Å². The Morgan fingerprint density at radius 3 is 2.76 bits per heavy atom. The Balaban J connectivity index is 2.42. The van der Waals surface area contributed by atoms with Crippen LogP contribution < -0.4 is 10.1 Å². The van der Waals surface area contributed by atoms with Crippen molar-refractivity contribution in [2.75, 3.05) is 20.2 Å². The van der Waals surface area contributed by atoms with Crippen LogP contribution in [0.15, 0.2) is 10.5 Å². The van der Waals surface area contributed by atoms with Gasteiger partial charge < -0.3 is 10.1 Å². The van der Waals surface area contributed by atoms with E-state index in [1.54, 1.807) is 7.11 Å². The second-order valence-corrected chi connectivity index (χ2v) is 5.58. The third-order valence-electron chi connectivity index (χ3n) is 3.65. The predicted molar refractivity (Wildman–Crippen MR) is 75.0 cm³/mol. The van der Waals surface area contributed by atoms with Gasteiger partial charge in [0.1, 0.15) is 5.75 Å². The maximum absolute atomic E-state index is 5.39. The van der Waals surface area contributed by atoms with E-state index in [9.17, 15) is 0 Å². The lowest BCUT2D eigenvalue weighted by atomic mass is 9.86. The molecule has 0 aliphatic carbocycles. The Hall–Kier alpha value is -0.540. The fourth-order valence-electron chi connectivity index (χ4n) is 2.81. The van der Waals surface area contributed by atoms with E-state index < -0.39 is 0 Å². The second kappa shape index (κ2) is 5.40. The summed E-state index contributed by atoms with van der Waals surface area (Å²) >= 11 is 3.65. The van der Waals surface area contributed by atoms with Crippen molar-refractivity contribution >= 4 is 15.9 Å². The third kappa shape index (κ3) is 2.50. The Bertz CT molecular complexity index is 411. The SMILES string of the molecule is COc1cc(C)c(C2CCCNC2)c(C)c1Br. The molecule has 1 fully saturated rings. The Morgan fingerprint density at radius 1 is 1.41 bits per heavy atom. The summed E-state index contributed by atoms with van der Waals surface area (Å²) in [5.74, 6) is 1.58. The molecule has 17 heavy (non-hydrogen) atoms. The Morgan fingerprint density at radius 2 is 2.18 bits per heavy atom. The topological polar surface area (TPSA) is 21.3 Å². The highest BCUT2D eigenvalue weighted by Crippen LogP contribution is 2.38. The molecule has 3 heteroatoms. The lowest BCUT2D eigenvalue weighted by Crippen LogP contribution is -2.29. The molecule has 94 valence electrons. The first-order chi connectivity index (χ1) is 8.15. The highest BCUT2D eigenvalue weighted by Gasteiger charge is 2.21. The van der Waals surface area contributed by atoms with Crippen LogP contribution >= 0.6 is 15.9 Å². The zero-order valence-corrected chi connectivity index (χ0v) is 12.4. The zero-order valence-electron chi connectivity index (χ0n) is 10.8. The van der Waals surface area contributed by atoms with Crippen molar-refractivity contribution in [3.63, 3.8) is 0 Å². The molecule has 0 amide bonds. The maximum atomic E-state index is 5.39. The van der Waals surface area contributed by atoms with E-state index in [0.717, 1.165) is 23.3 Å². The molecule has 2 rings (SSSR count). The minimum Gasteiger partial charge on any atom is -0.496 e. The number of ether oxygens (including phenoxy) is 1. The van der Waals surface area contributed by atoms with Gasteiger partial charge in [0.2, 0.25) is 0 Å². The monoisotopic (exact) mass is 297 g/mol. The molecule has 0 bridgehead atoms. The van der Waals surface area contributed by atoms with Crippen molar-refractivity contribution in [2.45, 2.75) is 32.6 Å². The molecule has 1 saturated heterocycles. The highest BCUT2D eigenvalue weighted by molar-refractivity contribution is 9.10. The summed E-state index contributed by atoms with van der Waals surface area (Å²) in [5.41, 5.74) is 4.16. The first-order valence-electron chi connectivity index (χ1n) is 6.19. The normalized spacial score (nSPS) is 20.4. The van der Waals surface area contributed by atoms with Gasteiger partial charge in [0.05, 0.1) is 11.6 Å². The van der Waals surface area contributed by atoms with Crippen LogP contribution in [0.4, 0.5) is 0 Å². The van der Waals surface area contributed by atoms with Crippen LogP contribution in [-0.2, 0) is 0 Å². The van der Waals surface area contributed by atoms with Crippen molar-refractivity contribution in [3.05, 3.63) is 27.2 Å². The molecular formula is C14H20BrNO. The van der Waals surface area contributed by atoms with Crippen LogP contribution in [0.1, 0.15) is 35.4 Å². The lowest BCUT2D eigenvalue weighted by Gasteiger charge is -2.27. The van der Waals surface area contributed by atoms with Crippen LogP contribution in [0.3, 0.4) is 0 Å². The average molecular weight is 298 g/mol. The van der Waals surface area contributed by atoms with Crippen molar-refractivity contribution in [3.8, 4) is 5.75 Å². The molecule has 1 aromatic carbocycles. The van der Waals surface area contributed by atoms with Gasteiger partial charge in [-0.25, -0.2) is 0 Å². The van der Waals surface area contributed by atoms with Crippen molar-refractivity contribution in [1.82, 2.24) is 5.32 Å². The molecule has 1 aliphatic rings. The van der Waals surface area contributed by atoms with Crippen LogP contribution in [0.5, 0.6) is 5.75 Å². The van der Waals surface area contributed by atoms with Gasteiger partial charge in [-0.3, -0.25) is 0 Å². The molecule has 0 radical (unpaired) electrons. The number of hydrogen-bond donors (Lipinski definition) is 1. The van der Waals surface area contributed by atoms with Gasteiger partial charge in [0, 0.05) is 6.54 Å². The molecular weight excluding hydrogens is 278 g/mol. The van der Waals surface area contributed by atoms with Gasteiger partial charge in [-0.1, -0.05) is 0 Å². The summed E-state index contributed by atoms with van der Waals surface area (Å²) in [5, 5.41) is 3.49. The van der Waals surface area contributed by atoms with E-state index in [-0.39, 0.29) is 0 Å². The van der Waals surface area contributed by atoms with Crippen LogP contribution in [0.25, 0.3) is 0 Å². The molecule has 0 aromatic heterocycles. The summed E-state index contributed by atoms with van der Waals surface area (Å²) in [6, 6.07) is 2.14. The highest BCUT2D eigenvalue weighted by atomic mass is 79.9. The number of nitrogens with one attached hydrogen (secondary N) is 1. The molecule has 0 saturated carbocycles. The number of hydrogen-bond acceptors (Lipinski definition) is 2. The Kier molecular flexibility index (Phi) is 4.10. The summed E-state index contributed by atoms with van der Waals surface area (Å²) < 4.78 is 6.49. The Labute approximate surface area is 112 Å². The van der Waals surface area contributed by atoms with Crippen LogP contribution in [0, 0.1) is 13.8 Å². The number of rotatable bonds is 2. The van der Waals surface area contributed by atoms with Gasteiger partial charge in [-0.15, -0.1) is 0 Å². The van der Waals surface area contributed by atoms with Crippen molar-refractivity contribution < 1.29 is 4.74 Å². The quantitative estimate of drug-likeness (QED) is 0.901. The predicted octanol–water partition coefficient (Wildman–Crippen LogP) is 3.54. The van der Waals surface area contributed by atoms with Gasteiger partial charge in [-0.2, -0.15) is 0 Å². The average Bonchev–Trinajstić information content (AvgIpc) is 2.35. The molecule has 1 aliphatic heterocycles. The van der Waals surface area contributed by atoms with Gasteiger partial charge in [-0.05, 0) is 77.8 Å². The first kappa shape index (κ1) is 12.9. The largest absolute Gasteiger partial charge is 0.496 e. The number of methoxy groups -OCH3 is 1. The van der Waals surface area contributed by atoms with E-state index in [0.29, 0.717) is 5.92 Å². The molecule has 1 heterocycles. The zero-order chi connectivity index (χ0) is 12.4. The molecule has 2 nitrogen and oxygen atoms in total. The van der Waals surface area contributed by atoms with Crippen molar-refractivity contribution in [1.29, 1.82) is 0 Å². The van der Waals surface area contributed by atoms with E-state index in [1.807, 2.05) is 0 Å². The smallest absolute Gasteiger partial charge is 0.133 e. The fraction of sp³-hybridized carbons (Fsp3) is 0.571. The molecule has 1 N–H and O–H groups in total. The maximum Gasteiger partial charge on any atom is 0.133 e. The number of piperidine rings is 1. The number of benzene rings is 1. The molecule has 1 unspecified atom stereocenters. The van der Waals surface area contributed by atoms with Gasteiger partial charge in [0.25, 0.3) is 0 Å². The number of aryl methyl sites for hydroxylation is 1. The van der Waals surface area contributed by atoms with Crippen molar-refractivity contribution in [2.24, 2.45) is 0 Å². The van der Waals surface area contributed by atoms with E-state index in [4.69, 9.17) is 4.74 Å². The first-order valence-corrected chi connectivity index (χ1v) is 6.98. The molecule has 1 aromatic rings. The third-order valence-corrected chi connectivity index (χ3v) is 4.63. The summed E-state index contributed by atoms with van der Waals surface area (Å²) in [7, 11) is 1.72. The van der Waals surface area contributed by atoms with E-state index in [1.165, 1.54) is 29.5 Å². The van der Waals surface area contributed by atoms with Crippen LogP contribution in [0.2, 0.25) is 0 Å². The lowest BCUT2D eigenvalue weighted by molar-refractivity contribution is 0.410. The molecule has 0 spiro atoms. The standard InChI is InChI=1S/C14H20BrNO/c1-9-7-12(17-3)14(15)10(2)13(9)11-5-4-6-16-8-11/h7,11,16H,4-6,8H2,1-3H3. The minimum atomic E-state index is 0.644. The summed E-state index contributed by atoms with van der Waals surface area (Å²) in [6.07, 6.45) is 2.56. The summed E-state index contributed by atoms with van der Waals surface area (Å²) in [6.45, 7) is 6.63. The van der Waals surface area contributed by atoms with Gasteiger partial charge >= 0.3 is 0 Å². The minimum absolute atomic E-state index is 0.644. The van der Waals surface area contributed by atoms with Gasteiger partial charge in [0.15, 0.2) is 0 Å². The molecule has 1 atom stereocenters. The number of halogens is 1. The fourth-order valence-corrected chi connectivity index (χ4v) is 3.30.